The summed E-state index contributed by atoms with van der Waals surface area (Å²) in [4.78, 5) is 39.4. The van der Waals surface area contributed by atoms with Gasteiger partial charge in [-0.1, -0.05) is 0 Å². The van der Waals surface area contributed by atoms with E-state index in [1.165, 1.54) is 46.8 Å². The zero-order chi connectivity index (χ0) is 25.5. The van der Waals surface area contributed by atoms with E-state index in [1.54, 1.807) is 4.90 Å². The van der Waals surface area contributed by atoms with Crippen LogP contribution in [0.5, 0.6) is 0 Å². The monoisotopic (exact) mass is 520 g/mol. The first-order valence-corrected chi connectivity index (χ1v) is 13.5. The van der Waals surface area contributed by atoms with Crippen molar-refractivity contribution in [3.8, 4) is 0 Å². The van der Waals surface area contributed by atoms with E-state index >= 15 is 0 Å². The Morgan fingerprint density at radius 3 is 2.31 bits per heavy atom. The summed E-state index contributed by atoms with van der Waals surface area (Å²) in [5.41, 5.74) is 6.86. The number of hydrogen-bond donors (Lipinski definition) is 2. The lowest BCUT2D eigenvalue weighted by atomic mass is 10.0. The highest BCUT2D eigenvalue weighted by atomic mass is 32.2. The Bertz CT molecular complexity index is 1260. The molecule has 3 amide bonds. The van der Waals surface area contributed by atoms with Gasteiger partial charge in [0.05, 0.1) is 29.2 Å². The lowest BCUT2D eigenvalue weighted by Gasteiger charge is -2.34. The number of anilines is 1. The Morgan fingerprint density at radius 2 is 1.74 bits per heavy atom. The van der Waals surface area contributed by atoms with Gasteiger partial charge in [-0.05, 0) is 50.1 Å². The number of nitrogens with two attached hydrogens (primary N) is 1. The maximum atomic E-state index is 13.0. The van der Waals surface area contributed by atoms with Gasteiger partial charge in [0.25, 0.3) is 11.8 Å². The summed E-state index contributed by atoms with van der Waals surface area (Å²) in [6.07, 6.45) is 0.0552. The lowest BCUT2D eigenvalue weighted by molar-refractivity contribution is -0.129. The Morgan fingerprint density at radius 1 is 1.11 bits per heavy atom. The quantitative estimate of drug-likeness (QED) is 0.616. The summed E-state index contributed by atoms with van der Waals surface area (Å²) < 4.78 is 33.1. The zero-order valence-electron chi connectivity index (χ0n) is 19.7. The smallest absolute Gasteiger partial charge is 0.256 e. The van der Waals surface area contributed by atoms with Gasteiger partial charge >= 0.3 is 0 Å². The second kappa shape index (κ2) is 9.69. The minimum absolute atomic E-state index is 0.0636. The molecule has 10 nitrogen and oxygen atoms in total. The predicted molar refractivity (Wildman–Crippen MR) is 131 cm³/mol. The number of nitrogens with zero attached hydrogens (tertiary/aromatic N) is 2. The molecule has 2 aliphatic heterocycles. The van der Waals surface area contributed by atoms with E-state index in [9.17, 15) is 22.8 Å². The van der Waals surface area contributed by atoms with Crippen molar-refractivity contribution in [1.29, 1.82) is 0 Å². The van der Waals surface area contributed by atoms with Crippen molar-refractivity contribution in [3.63, 3.8) is 0 Å². The van der Waals surface area contributed by atoms with Crippen LogP contribution in [0.15, 0.2) is 29.2 Å². The molecule has 0 bridgehead atoms. The molecular formula is C23H28N4O6S2. The van der Waals surface area contributed by atoms with E-state index in [0.717, 1.165) is 10.4 Å². The van der Waals surface area contributed by atoms with Crippen LogP contribution in [0.1, 0.15) is 51.9 Å². The molecule has 3 heterocycles. The normalized spacial score (nSPS) is 20.8. The Labute approximate surface area is 208 Å². The number of sulfonamides is 1. The summed E-state index contributed by atoms with van der Waals surface area (Å²) in [7, 11) is -3.73. The van der Waals surface area contributed by atoms with Gasteiger partial charge < -0.3 is 20.7 Å². The molecule has 1 aromatic heterocycles. The third kappa shape index (κ3) is 5.10. The van der Waals surface area contributed by atoms with E-state index in [2.05, 4.69) is 5.32 Å². The maximum Gasteiger partial charge on any atom is 0.256 e. The van der Waals surface area contributed by atoms with E-state index < -0.39 is 21.8 Å². The zero-order valence-corrected chi connectivity index (χ0v) is 21.4. The molecule has 0 spiro atoms. The number of ether oxygens (including phenoxy) is 1. The van der Waals surface area contributed by atoms with E-state index in [0.29, 0.717) is 24.5 Å². The third-order valence-corrected chi connectivity index (χ3v) is 9.09. The van der Waals surface area contributed by atoms with Crippen LogP contribution in [0.25, 0.3) is 0 Å². The Kier molecular flexibility index (Phi) is 7.00. The fourth-order valence-electron chi connectivity index (χ4n) is 4.45. The van der Waals surface area contributed by atoms with Crippen LogP contribution in [0.4, 0.5) is 5.00 Å². The Balaban J connectivity index is 1.53. The number of morpholine rings is 1. The van der Waals surface area contributed by atoms with Gasteiger partial charge in [-0.25, -0.2) is 8.42 Å². The highest BCUT2D eigenvalue weighted by Gasteiger charge is 2.32. The molecule has 12 heteroatoms. The summed E-state index contributed by atoms with van der Waals surface area (Å²) in [5, 5.41) is 3.07. The number of carbonyl (C=O) groups is 3. The lowest BCUT2D eigenvalue weighted by Crippen LogP contribution is -2.48. The number of fused-ring (bicyclic) bond motifs is 1. The molecule has 35 heavy (non-hydrogen) atoms. The largest absolute Gasteiger partial charge is 0.373 e. The molecule has 0 radical (unpaired) electrons. The van der Waals surface area contributed by atoms with Crippen LogP contribution >= 0.6 is 11.3 Å². The maximum absolute atomic E-state index is 13.0. The van der Waals surface area contributed by atoms with E-state index in [1.807, 2.05) is 13.8 Å². The summed E-state index contributed by atoms with van der Waals surface area (Å²) in [6.45, 7) is 6.49. The standard InChI is InChI=1S/C23H28N4O6S2/c1-13-10-27(11-14(2)33-13)35(31,32)17-6-4-16(5-7-17)22(30)25-23-20(21(24)29)18-8-9-26(15(3)28)12-19(18)34-23/h4-7,13-14H,8-12H2,1-3H3,(H2,24,29)(H,25,30). The fourth-order valence-corrected chi connectivity index (χ4v) is 7.30. The van der Waals surface area contributed by atoms with Gasteiger partial charge in [-0.2, -0.15) is 4.31 Å². The molecule has 1 saturated heterocycles. The van der Waals surface area contributed by atoms with Gasteiger partial charge in [0.1, 0.15) is 5.00 Å². The number of hydrogen-bond acceptors (Lipinski definition) is 7. The molecule has 4 rings (SSSR count). The molecule has 2 aliphatic rings. The third-order valence-electron chi connectivity index (χ3n) is 6.12. The van der Waals surface area contributed by atoms with Crippen LogP contribution in [-0.2, 0) is 32.5 Å². The molecule has 0 saturated carbocycles. The molecule has 1 fully saturated rings. The molecule has 0 aliphatic carbocycles. The van der Waals surface area contributed by atoms with Crippen LogP contribution in [0.3, 0.4) is 0 Å². The van der Waals surface area contributed by atoms with Crippen molar-refractivity contribution in [2.24, 2.45) is 5.73 Å². The van der Waals surface area contributed by atoms with Crippen LogP contribution in [0, 0.1) is 0 Å². The first kappa shape index (κ1) is 25.3. The minimum atomic E-state index is -3.73. The van der Waals surface area contributed by atoms with Crippen molar-refractivity contribution in [2.45, 2.75) is 50.8 Å². The minimum Gasteiger partial charge on any atom is -0.373 e. The van der Waals surface area contributed by atoms with E-state index in [-0.39, 0.29) is 47.2 Å². The molecule has 2 aromatic rings. The fraction of sp³-hybridized carbons (Fsp3) is 0.435. The topological polar surface area (TPSA) is 139 Å². The number of benzene rings is 1. The van der Waals surface area contributed by atoms with Crippen molar-refractivity contribution in [3.05, 3.63) is 45.8 Å². The molecule has 3 N–H and O–H groups in total. The van der Waals surface area contributed by atoms with Crippen LogP contribution in [-0.4, -0.2) is 67.2 Å². The number of rotatable bonds is 5. The number of nitrogens with one attached hydrogen (secondary N) is 1. The van der Waals surface area contributed by atoms with Gasteiger partial charge in [0, 0.05) is 37.0 Å². The Hall–Kier alpha value is -2.80. The van der Waals surface area contributed by atoms with Crippen LogP contribution in [0.2, 0.25) is 0 Å². The molecular weight excluding hydrogens is 492 g/mol. The SMILES string of the molecule is CC(=O)N1CCc2c(sc(NC(=O)c3ccc(S(=O)(=O)N4CC(C)OC(C)C4)cc3)c2C(N)=O)C1. The second-order valence-corrected chi connectivity index (χ2v) is 11.9. The molecule has 2 atom stereocenters. The molecule has 1 aromatic carbocycles. The van der Waals surface area contributed by atoms with Crippen molar-refractivity contribution >= 4 is 44.1 Å². The summed E-state index contributed by atoms with van der Waals surface area (Å²) in [5.74, 6) is -1.21. The summed E-state index contributed by atoms with van der Waals surface area (Å²) >= 11 is 1.22. The van der Waals surface area contributed by atoms with Gasteiger partial charge in [-0.3, -0.25) is 14.4 Å². The number of thiophene rings is 1. The number of primary amides is 1. The number of carbonyl (C=O) groups excluding carboxylic acids is 3. The highest BCUT2D eigenvalue weighted by molar-refractivity contribution is 7.89. The van der Waals surface area contributed by atoms with E-state index in [4.69, 9.17) is 10.5 Å². The van der Waals surface area contributed by atoms with Crippen molar-refractivity contribution in [2.75, 3.05) is 25.0 Å². The second-order valence-electron chi connectivity index (χ2n) is 8.82. The van der Waals surface area contributed by atoms with Crippen molar-refractivity contribution in [1.82, 2.24) is 9.21 Å². The molecule has 2 unspecified atom stereocenters. The number of amides is 3. The average Bonchev–Trinajstić information content (AvgIpc) is 3.15. The first-order valence-electron chi connectivity index (χ1n) is 11.2. The summed E-state index contributed by atoms with van der Waals surface area (Å²) in [6, 6.07) is 5.66. The predicted octanol–water partition coefficient (Wildman–Crippen LogP) is 1.80. The van der Waals surface area contributed by atoms with Gasteiger partial charge in [0.15, 0.2) is 0 Å². The highest BCUT2D eigenvalue weighted by Crippen LogP contribution is 2.37. The molecule has 188 valence electrons. The first-order chi connectivity index (χ1) is 16.5. The van der Waals surface area contributed by atoms with Crippen LogP contribution < -0.4 is 11.1 Å². The van der Waals surface area contributed by atoms with Crippen molar-refractivity contribution < 1.29 is 27.5 Å². The average molecular weight is 521 g/mol. The van der Waals surface area contributed by atoms with Gasteiger partial charge in [-0.15, -0.1) is 11.3 Å². The van der Waals surface area contributed by atoms with Gasteiger partial charge in [0.2, 0.25) is 15.9 Å².